The van der Waals surface area contributed by atoms with E-state index in [4.69, 9.17) is 0 Å². The van der Waals surface area contributed by atoms with E-state index in [9.17, 15) is 5.26 Å². The van der Waals surface area contributed by atoms with Crippen molar-refractivity contribution in [3.8, 4) is 6.07 Å². The Morgan fingerprint density at radius 3 is 2.65 bits per heavy atom. The van der Waals surface area contributed by atoms with Crippen molar-refractivity contribution in [3.05, 3.63) is 47.2 Å². The Labute approximate surface area is 129 Å². The van der Waals surface area contributed by atoms with Crippen LogP contribution in [0.5, 0.6) is 0 Å². The molecule has 0 aromatic carbocycles. The number of nitriles is 1. The molecule has 20 heavy (non-hydrogen) atoms. The molecule has 0 radical (unpaired) electrons. The van der Waals surface area contributed by atoms with Gasteiger partial charge in [-0.05, 0) is 23.0 Å². The lowest BCUT2D eigenvalue weighted by Gasteiger charge is -2.25. The largest absolute Gasteiger partial charge is 0.240 e. The van der Waals surface area contributed by atoms with Crippen molar-refractivity contribution in [3.63, 3.8) is 0 Å². The molecule has 0 saturated carbocycles. The zero-order valence-electron chi connectivity index (χ0n) is 12.2. The Kier molecular flexibility index (Phi) is 4.15. The van der Waals surface area contributed by atoms with Crippen LogP contribution in [0.25, 0.3) is 0 Å². The molecule has 104 valence electrons. The van der Waals surface area contributed by atoms with Crippen molar-refractivity contribution in [1.29, 1.82) is 5.26 Å². The molecule has 1 aliphatic heterocycles. The van der Waals surface area contributed by atoms with Gasteiger partial charge in [0.15, 0.2) is 0 Å². The van der Waals surface area contributed by atoms with Gasteiger partial charge in [-0.3, -0.25) is 0 Å². The first-order valence-electron chi connectivity index (χ1n) is 6.72. The van der Waals surface area contributed by atoms with Gasteiger partial charge in [0.25, 0.3) is 0 Å². The van der Waals surface area contributed by atoms with Crippen LogP contribution in [0.3, 0.4) is 0 Å². The molecule has 0 amide bonds. The molecule has 0 spiro atoms. The number of allylic oxidation sites excluding steroid dienone is 6. The second-order valence-corrected chi connectivity index (χ2v) is 7.00. The molecular formula is C17H19BrN2. The number of nitrogens with zero attached hydrogens (tertiary/aromatic N) is 2. The van der Waals surface area contributed by atoms with Crippen molar-refractivity contribution in [2.45, 2.75) is 27.2 Å². The smallest absolute Gasteiger partial charge is 0.147 e. The Bertz CT molecular complexity index is 604. The lowest BCUT2D eigenvalue weighted by Crippen LogP contribution is -2.16. The highest BCUT2D eigenvalue weighted by Crippen LogP contribution is 2.42. The second kappa shape index (κ2) is 5.54. The van der Waals surface area contributed by atoms with Gasteiger partial charge in [0.05, 0.1) is 5.70 Å². The van der Waals surface area contributed by atoms with Gasteiger partial charge in [-0.1, -0.05) is 61.5 Å². The van der Waals surface area contributed by atoms with Gasteiger partial charge in [-0.15, -0.1) is 0 Å². The van der Waals surface area contributed by atoms with Gasteiger partial charge in [0, 0.05) is 16.8 Å². The Hall–Kier alpha value is -1.40. The quantitative estimate of drug-likeness (QED) is 0.675. The molecule has 0 bridgehead atoms. The van der Waals surface area contributed by atoms with Crippen LogP contribution in [-0.4, -0.2) is 11.0 Å². The molecule has 0 aromatic heterocycles. The van der Waals surface area contributed by atoms with Crippen LogP contribution in [-0.2, 0) is 0 Å². The van der Waals surface area contributed by atoms with Crippen molar-refractivity contribution in [2.75, 3.05) is 5.33 Å². The topological polar surface area (TPSA) is 36.1 Å². The predicted octanol–water partition coefficient (Wildman–Crippen LogP) is 4.72. The highest BCUT2D eigenvalue weighted by Gasteiger charge is 2.31. The number of halogens is 1. The van der Waals surface area contributed by atoms with E-state index in [-0.39, 0.29) is 11.3 Å². The fourth-order valence-corrected chi connectivity index (χ4v) is 3.11. The minimum Gasteiger partial charge on any atom is -0.240 e. The fourth-order valence-electron chi connectivity index (χ4n) is 2.56. The van der Waals surface area contributed by atoms with Crippen LogP contribution in [0, 0.1) is 22.7 Å². The minimum absolute atomic E-state index is 0.212. The fraction of sp³-hybridized carbons (Fsp3) is 0.412. The first kappa shape index (κ1) is 15.0. The predicted molar refractivity (Wildman–Crippen MR) is 87.8 cm³/mol. The van der Waals surface area contributed by atoms with Gasteiger partial charge in [-0.25, -0.2) is 4.99 Å². The molecule has 2 aliphatic rings. The Balaban J connectivity index is 2.47. The van der Waals surface area contributed by atoms with E-state index in [0.717, 1.165) is 23.0 Å². The lowest BCUT2D eigenvalue weighted by molar-refractivity contribution is 0.339. The number of hydrogen-bond acceptors (Lipinski definition) is 2. The summed E-state index contributed by atoms with van der Waals surface area (Å²) in [4.78, 5) is 4.60. The zero-order valence-corrected chi connectivity index (χ0v) is 13.8. The van der Waals surface area contributed by atoms with Crippen LogP contribution in [0.1, 0.15) is 27.2 Å². The molecule has 0 N–H and O–H groups in total. The summed E-state index contributed by atoms with van der Waals surface area (Å²) in [6, 6.07) is 2.15. The Morgan fingerprint density at radius 2 is 2.10 bits per heavy atom. The monoisotopic (exact) mass is 330 g/mol. The molecule has 1 aliphatic carbocycles. The van der Waals surface area contributed by atoms with E-state index in [2.05, 4.69) is 60.4 Å². The number of aliphatic imine (C=N–C) groups is 1. The molecule has 2 rings (SSSR count). The molecule has 1 unspecified atom stereocenters. The average Bonchev–Trinajstić information content (AvgIpc) is 2.59. The first-order valence-corrected chi connectivity index (χ1v) is 7.84. The summed E-state index contributed by atoms with van der Waals surface area (Å²) in [6.45, 7) is 10.6. The third-order valence-corrected chi connectivity index (χ3v) is 4.14. The molecule has 1 atom stereocenters. The molecule has 0 saturated heterocycles. The van der Waals surface area contributed by atoms with Gasteiger partial charge < -0.3 is 0 Å². The highest BCUT2D eigenvalue weighted by atomic mass is 79.9. The highest BCUT2D eigenvalue weighted by molar-refractivity contribution is 9.09. The normalized spacial score (nSPS) is 22.1. The molecule has 0 aromatic rings. The van der Waals surface area contributed by atoms with Crippen LogP contribution in [0.4, 0.5) is 0 Å². The van der Waals surface area contributed by atoms with Crippen LogP contribution in [0.2, 0.25) is 0 Å². The molecule has 0 fully saturated rings. The van der Waals surface area contributed by atoms with Gasteiger partial charge in [-0.2, -0.15) is 5.26 Å². The minimum atomic E-state index is 0.212. The Morgan fingerprint density at radius 1 is 1.40 bits per heavy atom. The van der Waals surface area contributed by atoms with Gasteiger partial charge >= 0.3 is 0 Å². The van der Waals surface area contributed by atoms with E-state index in [1.54, 1.807) is 0 Å². The number of hydrogen-bond donors (Lipinski definition) is 0. The number of alkyl halides is 1. The first-order chi connectivity index (χ1) is 9.35. The summed E-state index contributed by atoms with van der Waals surface area (Å²) in [6.07, 6.45) is 7.11. The van der Waals surface area contributed by atoms with E-state index in [1.165, 1.54) is 5.57 Å². The maximum atomic E-state index is 9.22. The van der Waals surface area contributed by atoms with E-state index >= 15 is 0 Å². The summed E-state index contributed by atoms with van der Waals surface area (Å²) in [5.41, 5.74) is 4.78. The van der Waals surface area contributed by atoms with Gasteiger partial charge in [0.2, 0.25) is 0 Å². The maximum Gasteiger partial charge on any atom is 0.147 e. The molecular weight excluding hydrogens is 312 g/mol. The molecule has 2 nitrogen and oxygen atoms in total. The van der Waals surface area contributed by atoms with E-state index < -0.39 is 0 Å². The van der Waals surface area contributed by atoms with Crippen molar-refractivity contribution < 1.29 is 0 Å². The van der Waals surface area contributed by atoms with E-state index in [1.807, 2.05) is 12.2 Å². The summed E-state index contributed by atoms with van der Waals surface area (Å²) in [5.74, 6) is 0.281. The summed E-state index contributed by atoms with van der Waals surface area (Å²) in [5, 5.41) is 10.1. The van der Waals surface area contributed by atoms with Crippen LogP contribution in [0.15, 0.2) is 52.2 Å². The average molecular weight is 331 g/mol. The third-order valence-electron chi connectivity index (χ3n) is 3.49. The van der Waals surface area contributed by atoms with Crippen molar-refractivity contribution in [2.24, 2.45) is 16.3 Å². The SMILES string of the molecule is C=C1C=CC2=C(N=C1C#N)C(CC(C)(C)C)C(CBr)=C2. The van der Waals surface area contributed by atoms with Crippen LogP contribution >= 0.6 is 15.9 Å². The maximum absolute atomic E-state index is 9.22. The number of rotatable bonds is 2. The van der Waals surface area contributed by atoms with Gasteiger partial charge in [0.1, 0.15) is 11.8 Å². The van der Waals surface area contributed by atoms with Crippen molar-refractivity contribution in [1.82, 2.24) is 0 Å². The van der Waals surface area contributed by atoms with Crippen molar-refractivity contribution >= 4 is 21.6 Å². The summed E-state index contributed by atoms with van der Waals surface area (Å²) in [7, 11) is 0. The molecule has 3 heteroatoms. The lowest BCUT2D eigenvalue weighted by atomic mass is 9.81. The molecule has 1 heterocycles. The summed E-state index contributed by atoms with van der Waals surface area (Å²) < 4.78 is 0. The summed E-state index contributed by atoms with van der Waals surface area (Å²) >= 11 is 3.57. The van der Waals surface area contributed by atoms with Crippen LogP contribution < -0.4 is 0 Å². The van der Waals surface area contributed by atoms with E-state index in [0.29, 0.717) is 11.3 Å². The second-order valence-electron chi connectivity index (χ2n) is 6.44. The zero-order chi connectivity index (χ0) is 14.9. The standard InChI is InChI=1S/C17H19BrN2/c1-11-5-6-12-7-13(9-18)14(8-17(2,3)4)16(12)20-15(11)10-19/h5-7,14H,1,8-9H2,2-4H3. The third kappa shape index (κ3) is 3.02.